The van der Waals surface area contributed by atoms with E-state index in [1.165, 1.54) is 24.1 Å². The maximum Gasteiger partial charge on any atom is 0.144 e. The predicted octanol–water partition coefficient (Wildman–Crippen LogP) is 3.70. The highest BCUT2D eigenvalue weighted by Crippen LogP contribution is 2.43. The molecule has 0 radical (unpaired) electrons. The lowest BCUT2D eigenvalue weighted by atomic mass is 9.96. The standard InChI is InChI=1S/C15H23N3S2/c1-9-10(2)20-13(8-19-9)15-17-12-7-5-4-6-11(12)14(16-3)18-15/h9-10,13H,4-8H2,1-3H3,(H,16,17,18). The van der Waals surface area contributed by atoms with Crippen molar-refractivity contribution < 1.29 is 0 Å². The zero-order valence-electron chi connectivity index (χ0n) is 12.5. The fourth-order valence-electron chi connectivity index (χ4n) is 2.88. The highest BCUT2D eigenvalue weighted by Gasteiger charge is 2.30. The van der Waals surface area contributed by atoms with E-state index in [2.05, 4.69) is 30.9 Å². The molecule has 3 unspecified atom stereocenters. The first-order valence-corrected chi connectivity index (χ1v) is 9.52. The summed E-state index contributed by atoms with van der Waals surface area (Å²) in [6, 6.07) is 0. The molecule has 0 saturated carbocycles. The summed E-state index contributed by atoms with van der Waals surface area (Å²) < 4.78 is 0. The van der Waals surface area contributed by atoms with E-state index >= 15 is 0 Å². The van der Waals surface area contributed by atoms with Gasteiger partial charge in [-0.2, -0.15) is 11.8 Å². The number of thioether (sulfide) groups is 2. The predicted molar refractivity (Wildman–Crippen MR) is 89.9 cm³/mol. The second-order valence-corrected chi connectivity index (χ2v) is 8.68. The van der Waals surface area contributed by atoms with Crippen LogP contribution in [-0.4, -0.2) is 33.3 Å². The van der Waals surface area contributed by atoms with Gasteiger partial charge in [0.05, 0.1) is 5.25 Å². The summed E-state index contributed by atoms with van der Waals surface area (Å²) in [5.74, 6) is 3.26. The van der Waals surface area contributed by atoms with Crippen LogP contribution in [0.5, 0.6) is 0 Å². The molecule has 3 atom stereocenters. The van der Waals surface area contributed by atoms with Crippen LogP contribution in [0, 0.1) is 0 Å². The molecule has 1 aromatic rings. The minimum Gasteiger partial charge on any atom is -0.373 e. The van der Waals surface area contributed by atoms with Crippen molar-refractivity contribution in [3.63, 3.8) is 0 Å². The van der Waals surface area contributed by atoms with Crippen LogP contribution in [0.4, 0.5) is 5.82 Å². The van der Waals surface area contributed by atoms with Gasteiger partial charge in [-0.15, -0.1) is 11.8 Å². The molecule has 0 aromatic carbocycles. The van der Waals surface area contributed by atoms with Gasteiger partial charge < -0.3 is 5.32 Å². The van der Waals surface area contributed by atoms with Crippen molar-refractivity contribution in [2.24, 2.45) is 0 Å². The Morgan fingerprint density at radius 1 is 1.10 bits per heavy atom. The highest BCUT2D eigenvalue weighted by molar-refractivity contribution is 8.07. The van der Waals surface area contributed by atoms with Gasteiger partial charge >= 0.3 is 0 Å². The third-order valence-corrected chi connectivity index (χ3v) is 7.66. The maximum absolute atomic E-state index is 4.92. The normalized spacial score (nSPS) is 29.9. The number of hydrogen-bond donors (Lipinski definition) is 1. The third-order valence-electron chi connectivity index (χ3n) is 4.28. The molecule has 1 N–H and O–H groups in total. The molecule has 0 bridgehead atoms. The lowest BCUT2D eigenvalue weighted by Crippen LogP contribution is -2.24. The number of nitrogens with zero attached hydrogens (tertiary/aromatic N) is 2. The quantitative estimate of drug-likeness (QED) is 0.902. The molecule has 1 fully saturated rings. The Kier molecular flexibility index (Phi) is 4.46. The van der Waals surface area contributed by atoms with Gasteiger partial charge in [-0.05, 0) is 25.7 Å². The Balaban J connectivity index is 1.90. The van der Waals surface area contributed by atoms with Gasteiger partial charge in [0.15, 0.2) is 0 Å². The molecule has 3 nitrogen and oxygen atoms in total. The Morgan fingerprint density at radius 2 is 1.90 bits per heavy atom. The van der Waals surface area contributed by atoms with Crippen molar-refractivity contribution in [3.05, 3.63) is 17.1 Å². The lowest BCUT2D eigenvalue weighted by Gasteiger charge is -2.31. The van der Waals surface area contributed by atoms with Crippen LogP contribution in [0.3, 0.4) is 0 Å². The van der Waals surface area contributed by atoms with Gasteiger partial charge in [0.25, 0.3) is 0 Å². The molecule has 20 heavy (non-hydrogen) atoms. The number of hydrogen-bond acceptors (Lipinski definition) is 5. The number of rotatable bonds is 2. The molecule has 1 aliphatic heterocycles. The minimum absolute atomic E-state index is 0.450. The van der Waals surface area contributed by atoms with Crippen LogP contribution in [0.1, 0.15) is 49.0 Å². The summed E-state index contributed by atoms with van der Waals surface area (Å²) in [5.41, 5.74) is 2.65. The van der Waals surface area contributed by atoms with E-state index in [0.717, 1.165) is 35.5 Å². The molecule has 0 spiro atoms. The smallest absolute Gasteiger partial charge is 0.144 e. The molecule has 2 aliphatic rings. The summed E-state index contributed by atoms with van der Waals surface area (Å²) in [4.78, 5) is 9.75. The largest absolute Gasteiger partial charge is 0.373 e. The van der Waals surface area contributed by atoms with E-state index in [1.54, 1.807) is 0 Å². The van der Waals surface area contributed by atoms with Crippen molar-refractivity contribution >= 4 is 29.3 Å². The van der Waals surface area contributed by atoms with Gasteiger partial charge in [0.2, 0.25) is 0 Å². The lowest BCUT2D eigenvalue weighted by molar-refractivity contribution is 0.655. The number of nitrogens with one attached hydrogen (secondary N) is 1. The number of aryl methyl sites for hydroxylation is 1. The van der Waals surface area contributed by atoms with E-state index in [4.69, 9.17) is 9.97 Å². The first kappa shape index (κ1) is 14.5. The van der Waals surface area contributed by atoms with Crippen LogP contribution in [-0.2, 0) is 12.8 Å². The average molecular weight is 310 g/mol. The molecular weight excluding hydrogens is 286 g/mol. The van der Waals surface area contributed by atoms with E-state index in [1.807, 2.05) is 18.8 Å². The van der Waals surface area contributed by atoms with Crippen LogP contribution in [0.15, 0.2) is 0 Å². The van der Waals surface area contributed by atoms with Crippen LogP contribution in [0.2, 0.25) is 0 Å². The van der Waals surface area contributed by atoms with Crippen molar-refractivity contribution in [2.75, 3.05) is 18.1 Å². The zero-order valence-corrected chi connectivity index (χ0v) is 14.1. The Hall–Kier alpha value is -0.420. The average Bonchev–Trinajstić information content (AvgIpc) is 2.49. The van der Waals surface area contributed by atoms with Gasteiger partial charge in [0.1, 0.15) is 11.6 Å². The molecule has 2 heterocycles. The first-order chi connectivity index (χ1) is 9.69. The number of fused-ring (bicyclic) bond motifs is 1. The SMILES string of the molecule is CNc1nc(C2CSC(C)C(C)S2)nc2c1CCCC2. The van der Waals surface area contributed by atoms with Gasteiger partial charge in [-0.25, -0.2) is 9.97 Å². The molecule has 1 aromatic heterocycles. The van der Waals surface area contributed by atoms with Crippen molar-refractivity contribution in [3.8, 4) is 0 Å². The molecular formula is C15H23N3S2. The van der Waals surface area contributed by atoms with Crippen molar-refractivity contribution in [2.45, 2.75) is 55.3 Å². The minimum atomic E-state index is 0.450. The fraction of sp³-hybridized carbons (Fsp3) is 0.733. The van der Waals surface area contributed by atoms with Crippen LogP contribution < -0.4 is 5.32 Å². The fourth-order valence-corrected chi connectivity index (χ4v) is 5.73. The monoisotopic (exact) mass is 309 g/mol. The van der Waals surface area contributed by atoms with Gasteiger partial charge in [-0.3, -0.25) is 0 Å². The second-order valence-electron chi connectivity index (χ2n) is 5.68. The Morgan fingerprint density at radius 3 is 2.65 bits per heavy atom. The Bertz CT molecular complexity index is 475. The van der Waals surface area contributed by atoms with Crippen LogP contribution >= 0.6 is 23.5 Å². The topological polar surface area (TPSA) is 37.8 Å². The van der Waals surface area contributed by atoms with Crippen LogP contribution in [0.25, 0.3) is 0 Å². The van der Waals surface area contributed by atoms with E-state index in [-0.39, 0.29) is 0 Å². The molecule has 3 rings (SSSR count). The molecule has 1 aliphatic carbocycles. The van der Waals surface area contributed by atoms with Crippen molar-refractivity contribution in [1.29, 1.82) is 0 Å². The van der Waals surface area contributed by atoms with Gasteiger partial charge in [0, 0.05) is 34.6 Å². The number of aromatic nitrogens is 2. The summed E-state index contributed by atoms with van der Waals surface area (Å²) in [6.45, 7) is 4.65. The maximum atomic E-state index is 4.92. The van der Waals surface area contributed by atoms with E-state index in [0.29, 0.717) is 10.5 Å². The summed E-state index contributed by atoms with van der Waals surface area (Å²) in [6.07, 6.45) is 4.79. The summed E-state index contributed by atoms with van der Waals surface area (Å²) in [5, 5.41) is 5.15. The first-order valence-electron chi connectivity index (χ1n) is 7.53. The second kappa shape index (κ2) is 6.14. The molecule has 0 amide bonds. The summed E-state index contributed by atoms with van der Waals surface area (Å²) in [7, 11) is 1.98. The van der Waals surface area contributed by atoms with E-state index in [9.17, 15) is 0 Å². The summed E-state index contributed by atoms with van der Waals surface area (Å²) >= 11 is 4.10. The van der Waals surface area contributed by atoms with Crippen molar-refractivity contribution in [1.82, 2.24) is 9.97 Å². The highest BCUT2D eigenvalue weighted by atomic mass is 32.2. The van der Waals surface area contributed by atoms with Gasteiger partial charge in [-0.1, -0.05) is 13.8 Å². The molecule has 1 saturated heterocycles. The number of anilines is 1. The third kappa shape index (κ3) is 2.80. The van der Waals surface area contributed by atoms with E-state index < -0.39 is 0 Å². The molecule has 5 heteroatoms. The Labute approximate surface area is 130 Å². The zero-order chi connectivity index (χ0) is 14.1. The molecule has 110 valence electrons.